The van der Waals surface area contributed by atoms with Gasteiger partial charge in [-0.3, -0.25) is 4.79 Å². The van der Waals surface area contributed by atoms with E-state index in [9.17, 15) is 4.79 Å². The lowest BCUT2D eigenvalue weighted by Gasteiger charge is -2.22. The predicted molar refractivity (Wildman–Crippen MR) is 85.4 cm³/mol. The summed E-state index contributed by atoms with van der Waals surface area (Å²) in [5.41, 5.74) is 1.09. The van der Waals surface area contributed by atoms with Crippen molar-refractivity contribution >= 4 is 42.1 Å². The second kappa shape index (κ2) is 9.52. The highest BCUT2D eigenvalue weighted by atomic mass is 35.5. The topological polar surface area (TPSA) is 63.2 Å². The van der Waals surface area contributed by atoms with Crippen LogP contribution in [0.3, 0.4) is 0 Å². The van der Waals surface area contributed by atoms with E-state index in [0.29, 0.717) is 19.8 Å². The summed E-state index contributed by atoms with van der Waals surface area (Å²) >= 11 is 1.70. The average molecular weight is 342 g/mol. The molecule has 8 heteroatoms. The number of hydrogen-bond acceptors (Lipinski definition) is 5. The van der Waals surface area contributed by atoms with E-state index in [0.717, 1.165) is 23.7 Å². The first-order chi connectivity index (χ1) is 8.66. The number of rotatable bonds is 4. The number of amides is 1. The lowest BCUT2D eigenvalue weighted by atomic mass is 10.2. The van der Waals surface area contributed by atoms with Gasteiger partial charge in [-0.1, -0.05) is 0 Å². The second-order valence-electron chi connectivity index (χ2n) is 4.37. The van der Waals surface area contributed by atoms with Gasteiger partial charge in [0, 0.05) is 24.4 Å². The molecule has 0 saturated carbocycles. The normalized spacial score (nSPS) is 17.8. The summed E-state index contributed by atoms with van der Waals surface area (Å²) in [4.78, 5) is 17.5. The molecule has 1 aliphatic rings. The lowest BCUT2D eigenvalue weighted by molar-refractivity contribution is -0.125. The minimum Gasteiger partial charge on any atom is -0.378 e. The molecule has 0 spiro atoms. The van der Waals surface area contributed by atoms with Crippen molar-refractivity contribution in [2.75, 3.05) is 26.3 Å². The average Bonchev–Trinajstić information content (AvgIpc) is 2.69. The van der Waals surface area contributed by atoms with Crippen LogP contribution in [0.5, 0.6) is 0 Å². The highest BCUT2D eigenvalue weighted by Crippen LogP contribution is 2.16. The van der Waals surface area contributed by atoms with Crippen molar-refractivity contribution in [2.24, 2.45) is 0 Å². The number of morpholine rings is 1. The summed E-state index contributed by atoms with van der Waals surface area (Å²) in [5.74, 6) is 0.0136. The van der Waals surface area contributed by atoms with Crippen molar-refractivity contribution in [3.8, 4) is 0 Å². The quantitative estimate of drug-likeness (QED) is 0.865. The summed E-state index contributed by atoms with van der Waals surface area (Å²) in [5, 5.41) is 7.13. The third-order valence-electron chi connectivity index (χ3n) is 2.95. The molecule has 1 aliphatic heterocycles. The largest absolute Gasteiger partial charge is 0.378 e. The molecule has 1 fully saturated rings. The van der Waals surface area contributed by atoms with Crippen molar-refractivity contribution in [3.63, 3.8) is 0 Å². The van der Waals surface area contributed by atoms with Gasteiger partial charge in [0.25, 0.3) is 0 Å². The van der Waals surface area contributed by atoms with Crippen LogP contribution >= 0.6 is 36.2 Å². The lowest BCUT2D eigenvalue weighted by Crippen LogP contribution is -2.51. The molecule has 0 aliphatic carbocycles. The van der Waals surface area contributed by atoms with Crippen LogP contribution in [-0.2, 0) is 16.0 Å². The minimum atomic E-state index is -0.210. The van der Waals surface area contributed by atoms with Gasteiger partial charge < -0.3 is 15.4 Å². The number of hydrogen-bond donors (Lipinski definition) is 2. The van der Waals surface area contributed by atoms with E-state index in [1.54, 1.807) is 11.3 Å². The van der Waals surface area contributed by atoms with Crippen LogP contribution in [0, 0.1) is 13.8 Å². The molecule has 1 saturated heterocycles. The van der Waals surface area contributed by atoms with Gasteiger partial charge in [0.05, 0.1) is 23.9 Å². The molecule has 1 aromatic heterocycles. The maximum absolute atomic E-state index is 11.8. The molecular weight excluding hydrogens is 321 g/mol. The van der Waals surface area contributed by atoms with Crippen LogP contribution in [0.25, 0.3) is 0 Å². The highest BCUT2D eigenvalue weighted by Gasteiger charge is 2.20. The second-order valence-corrected chi connectivity index (χ2v) is 5.66. The molecule has 20 heavy (non-hydrogen) atoms. The molecule has 0 radical (unpaired) electrons. The fourth-order valence-corrected chi connectivity index (χ4v) is 2.73. The Balaban J connectivity index is 0.00000180. The Labute approximate surface area is 135 Å². The van der Waals surface area contributed by atoms with Crippen molar-refractivity contribution in [1.82, 2.24) is 15.6 Å². The maximum atomic E-state index is 11.8. The van der Waals surface area contributed by atoms with Crippen LogP contribution < -0.4 is 10.6 Å². The summed E-state index contributed by atoms with van der Waals surface area (Å²) in [6, 6.07) is -0.210. The smallest absolute Gasteiger partial charge is 0.239 e. The molecule has 0 aromatic carbocycles. The van der Waals surface area contributed by atoms with E-state index >= 15 is 0 Å². The molecule has 0 bridgehead atoms. The van der Waals surface area contributed by atoms with Gasteiger partial charge in [0.2, 0.25) is 5.91 Å². The number of aromatic nitrogens is 1. The maximum Gasteiger partial charge on any atom is 0.239 e. The first-order valence-electron chi connectivity index (χ1n) is 6.18. The van der Waals surface area contributed by atoms with Gasteiger partial charge in [-0.2, -0.15) is 0 Å². The Kier molecular flexibility index (Phi) is 9.33. The van der Waals surface area contributed by atoms with Crippen molar-refractivity contribution in [2.45, 2.75) is 26.3 Å². The summed E-state index contributed by atoms with van der Waals surface area (Å²) < 4.78 is 5.25. The Morgan fingerprint density at radius 3 is 2.80 bits per heavy atom. The van der Waals surface area contributed by atoms with Crippen LogP contribution in [0.4, 0.5) is 0 Å². The molecule has 5 nitrogen and oxygen atoms in total. The number of aryl methyl sites for hydroxylation is 2. The van der Waals surface area contributed by atoms with Crippen LogP contribution in [-0.4, -0.2) is 43.2 Å². The summed E-state index contributed by atoms with van der Waals surface area (Å²) in [7, 11) is 0. The van der Waals surface area contributed by atoms with Gasteiger partial charge in [-0.15, -0.1) is 36.2 Å². The van der Waals surface area contributed by atoms with E-state index in [-0.39, 0.29) is 36.8 Å². The van der Waals surface area contributed by atoms with Gasteiger partial charge in [-0.25, -0.2) is 4.98 Å². The van der Waals surface area contributed by atoms with E-state index in [4.69, 9.17) is 4.74 Å². The van der Waals surface area contributed by atoms with Crippen molar-refractivity contribution < 1.29 is 9.53 Å². The Morgan fingerprint density at radius 2 is 2.25 bits per heavy atom. The molecule has 1 aromatic rings. The molecule has 1 unspecified atom stereocenters. The molecule has 2 heterocycles. The fraction of sp³-hybridized carbons (Fsp3) is 0.667. The number of thiazole rings is 1. The van der Waals surface area contributed by atoms with Crippen molar-refractivity contribution in [3.05, 3.63) is 15.6 Å². The van der Waals surface area contributed by atoms with Gasteiger partial charge in [0.15, 0.2) is 0 Å². The molecule has 1 atom stereocenters. The highest BCUT2D eigenvalue weighted by molar-refractivity contribution is 7.11. The first-order valence-corrected chi connectivity index (χ1v) is 7.00. The summed E-state index contributed by atoms with van der Waals surface area (Å²) in [6.45, 7) is 6.59. The Hall–Kier alpha value is -0.400. The van der Waals surface area contributed by atoms with Gasteiger partial charge in [0.1, 0.15) is 6.04 Å². The number of ether oxygens (including phenoxy) is 1. The Bertz CT molecular complexity index is 403. The number of nitrogens with zero attached hydrogens (tertiary/aromatic N) is 1. The fourth-order valence-electron chi connectivity index (χ4n) is 1.80. The predicted octanol–water partition coefficient (Wildman–Crippen LogP) is 1.25. The SMILES string of the molecule is Cc1nc(CCNC(=O)C2COCCN2)sc1C.Cl.Cl. The zero-order chi connectivity index (χ0) is 13.0. The number of nitrogens with one attached hydrogen (secondary N) is 2. The van der Waals surface area contributed by atoms with Crippen LogP contribution in [0.15, 0.2) is 0 Å². The zero-order valence-electron chi connectivity index (χ0n) is 11.6. The Morgan fingerprint density at radius 1 is 1.50 bits per heavy atom. The number of carbonyl (C=O) groups excluding carboxylic acids is 1. The van der Waals surface area contributed by atoms with Gasteiger partial charge >= 0.3 is 0 Å². The summed E-state index contributed by atoms with van der Waals surface area (Å²) in [6.07, 6.45) is 0.790. The monoisotopic (exact) mass is 341 g/mol. The molecular formula is C12H21Cl2N3O2S. The first kappa shape index (κ1) is 19.6. The van der Waals surface area contributed by atoms with Crippen molar-refractivity contribution in [1.29, 1.82) is 0 Å². The van der Waals surface area contributed by atoms with E-state index in [2.05, 4.69) is 22.5 Å². The third kappa shape index (κ3) is 5.54. The molecule has 2 rings (SSSR count). The van der Waals surface area contributed by atoms with E-state index in [1.165, 1.54) is 4.88 Å². The van der Waals surface area contributed by atoms with Gasteiger partial charge in [-0.05, 0) is 13.8 Å². The number of carbonyl (C=O) groups is 1. The molecule has 1 amide bonds. The molecule has 116 valence electrons. The number of halogens is 2. The van der Waals surface area contributed by atoms with E-state index < -0.39 is 0 Å². The van der Waals surface area contributed by atoms with Crippen LogP contribution in [0.1, 0.15) is 15.6 Å². The minimum absolute atomic E-state index is 0. The standard InChI is InChI=1S/C12H19N3O2S.2ClH/c1-8-9(2)18-11(15-8)3-4-14-12(16)10-7-17-6-5-13-10;;/h10,13H,3-7H2,1-2H3,(H,14,16);2*1H. The molecule has 2 N–H and O–H groups in total. The van der Waals surface area contributed by atoms with Crippen LogP contribution in [0.2, 0.25) is 0 Å². The zero-order valence-corrected chi connectivity index (χ0v) is 14.1. The third-order valence-corrected chi connectivity index (χ3v) is 4.08. The van der Waals surface area contributed by atoms with E-state index in [1.807, 2.05) is 6.92 Å².